The van der Waals surface area contributed by atoms with Crippen molar-refractivity contribution in [3.63, 3.8) is 0 Å². The van der Waals surface area contributed by atoms with Crippen molar-refractivity contribution in [3.05, 3.63) is 18.7 Å². The van der Waals surface area contributed by atoms with E-state index in [1.807, 2.05) is 0 Å². The van der Waals surface area contributed by atoms with Crippen LogP contribution in [0, 0.1) is 0 Å². The molecule has 13 heteroatoms. The maximum absolute atomic E-state index is 10.2. The second kappa shape index (κ2) is 7.47. The van der Waals surface area contributed by atoms with Crippen LogP contribution in [0.25, 0.3) is 11.2 Å². The molecule has 28 heavy (non-hydrogen) atoms. The number of aliphatic hydroxyl groups is 3. The largest absolute Gasteiger partial charge is 0.394 e. The first-order valence-corrected chi connectivity index (χ1v) is 8.44. The summed E-state index contributed by atoms with van der Waals surface area (Å²) in [6, 6.07) is 0. The molecule has 0 spiro atoms. The van der Waals surface area contributed by atoms with E-state index in [4.69, 9.17) is 10.5 Å². The third-order valence-corrected chi connectivity index (χ3v) is 4.35. The van der Waals surface area contributed by atoms with Gasteiger partial charge in [0.15, 0.2) is 17.7 Å². The van der Waals surface area contributed by atoms with E-state index < -0.39 is 31.1 Å². The molecule has 2 aromatic heterocycles. The minimum atomic E-state index is -1.27. The van der Waals surface area contributed by atoms with E-state index in [1.165, 1.54) is 17.2 Å². The van der Waals surface area contributed by atoms with Gasteiger partial charge in [-0.25, -0.2) is 10.4 Å². The summed E-state index contributed by atoms with van der Waals surface area (Å²) >= 11 is 0. The molecule has 0 bridgehead atoms. The molecule has 0 amide bonds. The van der Waals surface area contributed by atoms with E-state index in [2.05, 4.69) is 30.5 Å². The van der Waals surface area contributed by atoms with Crippen LogP contribution in [0.3, 0.4) is 0 Å². The first kappa shape index (κ1) is 18.2. The number of anilines is 2. The number of imidazole rings is 1. The SMILES string of the molecule is Nc1nc(NN=CN2C=CN=CC2)nc2c1ncn2[C@@H]1O[C@H](CO)[C@@H](O)[C@H]1O. The van der Waals surface area contributed by atoms with Crippen LogP contribution in [0.15, 0.2) is 28.8 Å². The molecule has 4 rings (SSSR count). The molecule has 2 aromatic rings. The van der Waals surface area contributed by atoms with E-state index >= 15 is 0 Å². The molecular weight excluding hydrogens is 370 g/mol. The predicted octanol–water partition coefficient (Wildman–Crippen LogP) is -1.77. The Kier molecular flexibility index (Phi) is 4.87. The number of nitrogen functional groups attached to an aromatic ring is 1. The van der Waals surface area contributed by atoms with Gasteiger partial charge in [0, 0.05) is 18.6 Å². The van der Waals surface area contributed by atoms with Crippen LogP contribution in [0.5, 0.6) is 0 Å². The van der Waals surface area contributed by atoms with E-state index in [0.717, 1.165) is 0 Å². The zero-order valence-electron chi connectivity index (χ0n) is 14.6. The molecule has 148 valence electrons. The molecule has 0 aromatic carbocycles. The van der Waals surface area contributed by atoms with E-state index in [1.54, 1.807) is 23.5 Å². The van der Waals surface area contributed by atoms with Crippen LogP contribution >= 0.6 is 0 Å². The highest BCUT2D eigenvalue weighted by molar-refractivity contribution is 5.83. The molecule has 1 saturated heterocycles. The molecule has 4 atom stereocenters. The molecule has 4 heterocycles. The first-order chi connectivity index (χ1) is 13.6. The lowest BCUT2D eigenvalue weighted by molar-refractivity contribution is -0.0511. The first-order valence-electron chi connectivity index (χ1n) is 8.44. The quantitative estimate of drug-likeness (QED) is 0.223. The van der Waals surface area contributed by atoms with Crippen molar-refractivity contribution in [1.29, 1.82) is 0 Å². The van der Waals surface area contributed by atoms with Crippen LogP contribution in [0.4, 0.5) is 11.8 Å². The molecule has 1 fully saturated rings. The van der Waals surface area contributed by atoms with E-state index in [-0.39, 0.29) is 17.4 Å². The number of aliphatic hydroxyl groups excluding tert-OH is 3. The monoisotopic (exact) mass is 389 g/mol. The standard InChI is InChI=1S/C15H19N9O4/c16-12-9-13(21-15(20-12)22-19-7-23-3-1-17-2-4-23)24(6-18-9)14-11(27)10(26)8(5-25)28-14/h1-3,6-8,10-11,14,25-27H,4-5H2,(H3,16,20,21,22)/t8-,10-,11-,14-/m1/s1. The van der Waals surface area contributed by atoms with Gasteiger partial charge in [-0.15, -0.1) is 0 Å². The van der Waals surface area contributed by atoms with Crippen LogP contribution in [-0.4, -0.2) is 83.8 Å². The van der Waals surface area contributed by atoms with Crippen molar-refractivity contribution in [2.45, 2.75) is 24.5 Å². The summed E-state index contributed by atoms with van der Waals surface area (Å²) in [5.41, 5.74) is 9.22. The van der Waals surface area contributed by atoms with Crippen molar-refractivity contribution >= 4 is 35.5 Å². The van der Waals surface area contributed by atoms with Gasteiger partial charge in [-0.05, 0) is 0 Å². The summed E-state index contributed by atoms with van der Waals surface area (Å²) in [6.07, 6.45) is 3.61. The van der Waals surface area contributed by atoms with Crippen molar-refractivity contribution in [3.8, 4) is 0 Å². The summed E-state index contributed by atoms with van der Waals surface area (Å²) in [5, 5.41) is 33.5. The van der Waals surface area contributed by atoms with E-state index in [9.17, 15) is 15.3 Å². The van der Waals surface area contributed by atoms with Crippen LogP contribution < -0.4 is 11.2 Å². The fourth-order valence-electron chi connectivity index (χ4n) is 2.92. The van der Waals surface area contributed by atoms with Crippen molar-refractivity contribution in [2.75, 3.05) is 24.3 Å². The Morgan fingerprint density at radius 3 is 2.93 bits per heavy atom. The highest BCUT2D eigenvalue weighted by Crippen LogP contribution is 2.32. The Bertz CT molecular complexity index is 943. The molecule has 2 aliphatic rings. The summed E-state index contributed by atoms with van der Waals surface area (Å²) < 4.78 is 6.95. The summed E-state index contributed by atoms with van der Waals surface area (Å²) in [7, 11) is 0. The minimum absolute atomic E-state index is 0.109. The Hall–Kier alpha value is -3.13. The molecule has 0 unspecified atom stereocenters. The highest BCUT2D eigenvalue weighted by atomic mass is 16.6. The van der Waals surface area contributed by atoms with Gasteiger partial charge in [-0.3, -0.25) is 9.56 Å². The van der Waals surface area contributed by atoms with Crippen LogP contribution in [0.1, 0.15) is 6.23 Å². The Morgan fingerprint density at radius 2 is 2.21 bits per heavy atom. The molecule has 0 aliphatic carbocycles. The molecule has 0 saturated carbocycles. The summed E-state index contributed by atoms with van der Waals surface area (Å²) in [6.45, 7) is 0.150. The average Bonchev–Trinajstić information content (AvgIpc) is 3.24. The van der Waals surface area contributed by atoms with Gasteiger partial charge in [0.25, 0.3) is 0 Å². The smallest absolute Gasteiger partial charge is 0.247 e. The summed E-state index contributed by atoms with van der Waals surface area (Å²) in [4.78, 5) is 18.3. The number of nitrogens with one attached hydrogen (secondary N) is 1. The maximum Gasteiger partial charge on any atom is 0.247 e. The number of nitrogens with two attached hydrogens (primary N) is 1. The molecule has 0 radical (unpaired) electrons. The highest BCUT2D eigenvalue weighted by Gasteiger charge is 2.44. The van der Waals surface area contributed by atoms with Crippen molar-refractivity contribution < 1.29 is 20.1 Å². The average molecular weight is 389 g/mol. The van der Waals surface area contributed by atoms with Crippen LogP contribution in [0.2, 0.25) is 0 Å². The van der Waals surface area contributed by atoms with Gasteiger partial charge in [0.05, 0.1) is 19.5 Å². The fraction of sp³-hybridized carbons (Fsp3) is 0.400. The topological polar surface area (TPSA) is 180 Å². The fourth-order valence-corrected chi connectivity index (χ4v) is 2.92. The number of aromatic nitrogens is 4. The van der Waals surface area contributed by atoms with Crippen molar-refractivity contribution in [2.24, 2.45) is 10.1 Å². The van der Waals surface area contributed by atoms with Crippen molar-refractivity contribution in [1.82, 2.24) is 24.4 Å². The second-order valence-electron chi connectivity index (χ2n) is 6.17. The van der Waals surface area contributed by atoms with Gasteiger partial charge in [0.2, 0.25) is 5.95 Å². The molecular formula is C15H19N9O4. The Balaban J connectivity index is 1.59. The van der Waals surface area contributed by atoms with Gasteiger partial charge in [0.1, 0.15) is 30.2 Å². The lowest BCUT2D eigenvalue weighted by Crippen LogP contribution is -2.33. The minimum Gasteiger partial charge on any atom is -0.394 e. The Morgan fingerprint density at radius 1 is 1.36 bits per heavy atom. The normalized spacial score (nSPS) is 27.3. The summed E-state index contributed by atoms with van der Waals surface area (Å²) in [5.74, 6) is 0.225. The number of ether oxygens (including phenoxy) is 1. The van der Waals surface area contributed by atoms with Crippen LogP contribution in [-0.2, 0) is 4.74 Å². The third-order valence-electron chi connectivity index (χ3n) is 4.35. The zero-order valence-corrected chi connectivity index (χ0v) is 14.6. The number of hydrazone groups is 1. The van der Waals surface area contributed by atoms with Gasteiger partial charge in [-0.1, -0.05) is 0 Å². The predicted molar refractivity (Wildman–Crippen MR) is 99.2 cm³/mol. The number of rotatable bonds is 5. The zero-order chi connectivity index (χ0) is 19.7. The lowest BCUT2D eigenvalue weighted by atomic mass is 10.1. The van der Waals surface area contributed by atoms with Gasteiger partial charge >= 0.3 is 0 Å². The second-order valence-corrected chi connectivity index (χ2v) is 6.17. The number of aliphatic imine (C=N–C) groups is 1. The van der Waals surface area contributed by atoms with E-state index in [0.29, 0.717) is 12.1 Å². The third kappa shape index (κ3) is 3.27. The molecule has 13 nitrogen and oxygen atoms in total. The lowest BCUT2D eigenvalue weighted by Gasteiger charge is -2.16. The number of nitrogens with zero attached hydrogens (tertiary/aromatic N) is 7. The Labute approximate surface area is 158 Å². The van der Waals surface area contributed by atoms with Gasteiger partial charge in [-0.2, -0.15) is 15.1 Å². The number of fused-ring (bicyclic) bond motifs is 1. The number of hydrogen-bond acceptors (Lipinski definition) is 11. The maximum atomic E-state index is 10.2. The molecule has 2 aliphatic heterocycles. The number of hydrogen-bond donors (Lipinski definition) is 5. The van der Waals surface area contributed by atoms with Gasteiger partial charge < -0.3 is 30.7 Å². The molecule has 6 N–H and O–H groups in total.